The predicted octanol–water partition coefficient (Wildman–Crippen LogP) is 2.69. The molecule has 0 radical (unpaired) electrons. The summed E-state index contributed by atoms with van der Waals surface area (Å²) < 4.78 is 0. The summed E-state index contributed by atoms with van der Waals surface area (Å²) in [4.78, 5) is 16.5. The molecular formula is C15H16N2O. The summed E-state index contributed by atoms with van der Waals surface area (Å²) in [5.74, 6) is 0.113. The largest absolute Gasteiger partial charge is 0.325 e. The summed E-state index contributed by atoms with van der Waals surface area (Å²) in [6.07, 6.45) is 6.93. The van der Waals surface area contributed by atoms with E-state index in [4.69, 9.17) is 5.73 Å². The molecule has 0 atom stereocenters. The fourth-order valence-electron chi connectivity index (χ4n) is 2.56. The molecule has 1 aliphatic rings. The second-order valence-corrected chi connectivity index (χ2v) is 5.22. The average Bonchev–Trinajstić information content (AvgIpc) is 2.36. The monoisotopic (exact) mass is 240 g/mol. The number of carbonyl (C=O) groups is 1. The molecule has 1 fully saturated rings. The summed E-state index contributed by atoms with van der Waals surface area (Å²) in [5, 5.41) is 1.98. The first-order valence-electron chi connectivity index (χ1n) is 6.33. The lowest BCUT2D eigenvalue weighted by atomic mass is 9.73. The standard InChI is InChI=1S/C15H16N2O/c16-15(6-3-7-15)8-14(18)13-10-17-9-11-4-1-2-5-12(11)13/h1-2,4-5,9-10H,3,6-8,16H2. The molecule has 1 heterocycles. The van der Waals surface area contributed by atoms with Gasteiger partial charge in [-0.05, 0) is 24.6 Å². The zero-order valence-corrected chi connectivity index (χ0v) is 10.2. The summed E-state index contributed by atoms with van der Waals surface area (Å²) >= 11 is 0. The van der Waals surface area contributed by atoms with Crippen LogP contribution in [0.25, 0.3) is 10.8 Å². The molecule has 1 aliphatic carbocycles. The van der Waals surface area contributed by atoms with E-state index in [1.807, 2.05) is 24.3 Å². The zero-order valence-electron chi connectivity index (χ0n) is 10.2. The van der Waals surface area contributed by atoms with Gasteiger partial charge in [-0.3, -0.25) is 9.78 Å². The van der Waals surface area contributed by atoms with Gasteiger partial charge in [-0.2, -0.15) is 0 Å². The molecule has 3 rings (SSSR count). The van der Waals surface area contributed by atoms with Crippen molar-refractivity contribution in [1.82, 2.24) is 4.98 Å². The second-order valence-electron chi connectivity index (χ2n) is 5.22. The van der Waals surface area contributed by atoms with Crippen LogP contribution < -0.4 is 5.73 Å². The zero-order chi connectivity index (χ0) is 12.6. The highest BCUT2D eigenvalue weighted by Crippen LogP contribution is 2.33. The Morgan fingerprint density at radius 1 is 1.28 bits per heavy atom. The molecule has 1 aromatic heterocycles. The number of carbonyl (C=O) groups excluding carboxylic acids is 1. The number of hydrogen-bond donors (Lipinski definition) is 1. The Balaban J connectivity index is 1.96. The maximum absolute atomic E-state index is 12.3. The first-order valence-corrected chi connectivity index (χ1v) is 6.33. The number of aromatic nitrogens is 1. The lowest BCUT2D eigenvalue weighted by Gasteiger charge is -2.37. The van der Waals surface area contributed by atoms with E-state index < -0.39 is 0 Å². The number of nitrogens with two attached hydrogens (primary N) is 1. The lowest BCUT2D eigenvalue weighted by molar-refractivity contribution is 0.0913. The van der Waals surface area contributed by atoms with Gasteiger partial charge in [-0.15, -0.1) is 0 Å². The summed E-state index contributed by atoms with van der Waals surface area (Å²) in [7, 11) is 0. The molecule has 2 aromatic rings. The molecule has 0 saturated heterocycles. The van der Waals surface area contributed by atoms with E-state index in [2.05, 4.69) is 4.98 Å². The number of hydrogen-bond acceptors (Lipinski definition) is 3. The molecule has 18 heavy (non-hydrogen) atoms. The fourth-order valence-corrected chi connectivity index (χ4v) is 2.56. The Morgan fingerprint density at radius 3 is 2.78 bits per heavy atom. The van der Waals surface area contributed by atoms with Crippen LogP contribution in [0.4, 0.5) is 0 Å². The van der Waals surface area contributed by atoms with Crippen molar-refractivity contribution in [2.75, 3.05) is 0 Å². The summed E-state index contributed by atoms with van der Waals surface area (Å²) in [5.41, 5.74) is 6.57. The maximum Gasteiger partial charge on any atom is 0.166 e. The Morgan fingerprint density at radius 2 is 2.06 bits per heavy atom. The van der Waals surface area contributed by atoms with Gasteiger partial charge >= 0.3 is 0 Å². The van der Waals surface area contributed by atoms with Gasteiger partial charge in [0.1, 0.15) is 0 Å². The van der Waals surface area contributed by atoms with Crippen LogP contribution in [0.1, 0.15) is 36.0 Å². The quantitative estimate of drug-likeness (QED) is 0.839. The van der Waals surface area contributed by atoms with E-state index in [1.54, 1.807) is 12.4 Å². The van der Waals surface area contributed by atoms with Gasteiger partial charge in [-0.1, -0.05) is 24.3 Å². The smallest absolute Gasteiger partial charge is 0.166 e. The van der Waals surface area contributed by atoms with Gasteiger partial charge in [0.2, 0.25) is 0 Å². The molecular weight excluding hydrogens is 224 g/mol. The third-order valence-electron chi connectivity index (χ3n) is 3.83. The van der Waals surface area contributed by atoms with Gasteiger partial charge < -0.3 is 5.73 Å². The van der Waals surface area contributed by atoms with Crippen LogP contribution in [-0.2, 0) is 0 Å². The van der Waals surface area contributed by atoms with E-state index in [9.17, 15) is 4.79 Å². The SMILES string of the molecule is NC1(CC(=O)c2cncc3ccccc23)CCC1. The molecule has 1 aromatic carbocycles. The molecule has 1 saturated carbocycles. The molecule has 3 heteroatoms. The van der Waals surface area contributed by atoms with Crippen molar-refractivity contribution in [1.29, 1.82) is 0 Å². The van der Waals surface area contributed by atoms with Crippen LogP contribution in [0.5, 0.6) is 0 Å². The third-order valence-corrected chi connectivity index (χ3v) is 3.83. The molecule has 0 amide bonds. The van der Waals surface area contributed by atoms with Crippen molar-refractivity contribution in [3.05, 3.63) is 42.2 Å². The van der Waals surface area contributed by atoms with E-state index >= 15 is 0 Å². The molecule has 0 bridgehead atoms. The van der Waals surface area contributed by atoms with Gasteiger partial charge in [0.25, 0.3) is 0 Å². The van der Waals surface area contributed by atoms with Crippen LogP contribution >= 0.6 is 0 Å². The minimum atomic E-state index is -0.270. The van der Waals surface area contributed by atoms with Crippen molar-refractivity contribution in [3.8, 4) is 0 Å². The maximum atomic E-state index is 12.3. The number of Topliss-reactive ketones (excluding diaryl/α,β-unsaturated/α-hetero) is 1. The van der Waals surface area contributed by atoms with Crippen molar-refractivity contribution in [2.24, 2.45) is 5.73 Å². The Labute approximate surface area is 106 Å². The first kappa shape index (κ1) is 11.4. The fraction of sp³-hybridized carbons (Fsp3) is 0.333. The molecule has 0 aliphatic heterocycles. The second kappa shape index (κ2) is 4.18. The first-order chi connectivity index (χ1) is 8.68. The molecule has 0 spiro atoms. The van der Waals surface area contributed by atoms with Crippen LogP contribution in [-0.4, -0.2) is 16.3 Å². The van der Waals surface area contributed by atoms with Crippen LogP contribution in [0, 0.1) is 0 Å². The highest BCUT2D eigenvalue weighted by molar-refractivity contribution is 6.08. The van der Waals surface area contributed by atoms with Crippen LogP contribution in [0.3, 0.4) is 0 Å². The van der Waals surface area contributed by atoms with Crippen molar-refractivity contribution in [2.45, 2.75) is 31.2 Å². The van der Waals surface area contributed by atoms with Crippen molar-refractivity contribution >= 4 is 16.6 Å². The minimum absolute atomic E-state index is 0.113. The number of fused-ring (bicyclic) bond motifs is 1. The molecule has 2 N–H and O–H groups in total. The number of pyridine rings is 1. The Kier molecular flexibility index (Phi) is 2.63. The van der Waals surface area contributed by atoms with E-state index in [-0.39, 0.29) is 11.3 Å². The number of nitrogens with zero attached hydrogens (tertiary/aromatic N) is 1. The van der Waals surface area contributed by atoms with Gasteiger partial charge in [0, 0.05) is 35.3 Å². The van der Waals surface area contributed by atoms with Gasteiger partial charge in [0.05, 0.1) is 0 Å². The molecule has 3 nitrogen and oxygen atoms in total. The third kappa shape index (κ3) is 1.91. The number of benzene rings is 1. The number of rotatable bonds is 3. The van der Waals surface area contributed by atoms with Crippen LogP contribution in [0.15, 0.2) is 36.7 Å². The molecule has 0 unspecified atom stereocenters. The summed E-state index contributed by atoms with van der Waals surface area (Å²) in [6, 6.07) is 7.84. The number of ketones is 1. The van der Waals surface area contributed by atoms with E-state index in [0.717, 1.165) is 30.0 Å². The molecule has 92 valence electrons. The predicted molar refractivity (Wildman–Crippen MR) is 71.5 cm³/mol. The van der Waals surface area contributed by atoms with Crippen LogP contribution in [0.2, 0.25) is 0 Å². The van der Waals surface area contributed by atoms with E-state index in [1.165, 1.54) is 0 Å². The topological polar surface area (TPSA) is 56.0 Å². The average molecular weight is 240 g/mol. The normalized spacial score (nSPS) is 17.4. The van der Waals surface area contributed by atoms with Crippen molar-refractivity contribution in [3.63, 3.8) is 0 Å². The van der Waals surface area contributed by atoms with Crippen molar-refractivity contribution < 1.29 is 4.79 Å². The highest BCUT2D eigenvalue weighted by atomic mass is 16.1. The highest BCUT2D eigenvalue weighted by Gasteiger charge is 2.35. The minimum Gasteiger partial charge on any atom is -0.325 e. The Hall–Kier alpha value is -1.74. The van der Waals surface area contributed by atoms with E-state index in [0.29, 0.717) is 12.0 Å². The van der Waals surface area contributed by atoms with Gasteiger partial charge in [-0.25, -0.2) is 0 Å². The van der Waals surface area contributed by atoms with Gasteiger partial charge in [0.15, 0.2) is 5.78 Å². The lowest BCUT2D eigenvalue weighted by Crippen LogP contribution is -2.48. The Bertz CT molecular complexity index is 597. The summed E-state index contributed by atoms with van der Waals surface area (Å²) in [6.45, 7) is 0.